The number of rotatable bonds is 6. The standard InChI is InChI=1S/C20H30N4O2/c1-4-11-24-17-9-6-5-8-16(17)21-18(24)14-23-12-7-10-20(26,15-23)13-19(25)22(2)3/h5-6,8-9,26H,4,7,10-15H2,1-3H3. The Kier molecular flexibility index (Phi) is 5.63. The van der Waals surface area contributed by atoms with E-state index in [-0.39, 0.29) is 12.3 Å². The van der Waals surface area contributed by atoms with Gasteiger partial charge in [-0.15, -0.1) is 0 Å². The molecule has 3 rings (SSSR count). The van der Waals surface area contributed by atoms with Crippen LogP contribution >= 0.6 is 0 Å². The molecule has 1 unspecified atom stereocenters. The molecule has 0 bridgehead atoms. The van der Waals surface area contributed by atoms with Crippen molar-refractivity contribution in [2.75, 3.05) is 27.2 Å². The molecule has 1 atom stereocenters. The molecule has 0 spiro atoms. The van der Waals surface area contributed by atoms with Crippen LogP contribution in [0.4, 0.5) is 0 Å². The first-order chi connectivity index (χ1) is 12.4. The molecule has 6 heteroatoms. The van der Waals surface area contributed by atoms with E-state index in [2.05, 4.69) is 22.5 Å². The van der Waals surface area contributed by atoms with Crippen LogP contribution < -0.4 is 0 Å². The molecule has 26 heavy (non-hydrogen) atoms. The Bertz CT molecular complexity index is 770. The minimum atomic E-state index is -0.943. The number of imidazole rings is 1. The lowest BCUT2D eigenvalue weighted by molar-refractivity contribution is -0.136. The predicted octanol–water partition coefficient (Wildman–Crippen LogP) is 2.25. The van der Waals surface area contributed by atoms with Crippen LogP contribution in [0.25, 0.3) is 11.0 Å². The molecule has 2 heterocycles. The summed E-state index contributed by atoms with van der Waals surface area (Å²) in [5, 5.41) is 10.9. The van der Waals surface area contributed by atoms with Gasteiger partial charge in [0.1, 0.15) is 5.82 Å². The monoisotopic (exact) mass is 358 g/mol. The van der Waals surface area contributed by atoms with E-state index in [0.717, 1.165) is 37.3 Å². The maximum absolute atomic E-state index is 12.1. The van der Waals surface area contributed by atoms with Gasteiger partial charge in [0.15, 0.2) is 0 Å². The zero-order valence-electron chi connectivity index (χ0n) is 16.1. The summed E-state index contributed by atoms with van der Waals surface area (Å²) in [4.78, 5) is 20.7. The first kappa shape index (κ1) is 18.9. The van der Waals surface area contributed by atoms with E-state index in [9.17, 15) is 9.90 Å². The number of amides is 1. The second kappa shape index (κ2) is 7.76. The number of para-hydroxylation sites is 2. The molecule has 1 saturated heterocycles. The first-order valence-electron chi connectivity index (χ1n) is 9.51. The van der Waals surface area contributed by atoms with E-state index < -0.39 is 5.60 Å². The number of hydrogen-bond donors (Lipinski definition) is 1. The lowest BCUT2D eigenvalue weighted by Gasteiger charge is -2.39. The normalized spacial score (nSPS) is 21.2. The summed E-state index contributed by atoms with van der Waals surface area (Å²) >= 11 is 0. The van der Waals surface area contributed by atoms with Gasteiger partial charge in [-0.2, -0.15) is 0 Å². The van der Waals surface area contributed by atoms with Crippen LogP contribution in [0.3, 0.4) is 0 Å². The van der Waals surface area contributed by atoms with Crippen molar-refractivity contribution in [3.63, 3.8) is 0 Å². The maximum atomic E-state index is 12.1. The number of fused-ring (bicyclic) bond motifs is 1. The molecule has 1 fully saturated rings. The van der Waals surface area contributed by atoms with Gasteiger partial charge >= 0.3 is 0 Å². The third-order valence-electron chi connectivity index (χ3n) is 5.16. The van der Waals surface area contributed by atoms with Gasteiger partial charge in [-0.25, -0.2) is 4.98 Å². The lowest BCUT2D eigenvalue weighted by atomic mass is 9.89. The van der Waals surface area contributed by atoms with E-state index in [1.165, 1.54) is 5.52 Å². The Hall–Kier alpha value is -1.92. The molecule has 1 amide bonds. The van der Waals surface area contributed by atoms with Crippen molar-refractivity contribution in [3.05, 3.63) is 30.1 Å². The quantitative estimate of drug-likeness (QED) is 0.860. The van der Waals surface area contributed by atoms with Gasteiger partial charge in [-0.3, -0.25) is 9.69 Å². The Morgan fingerprint density at radius 1 is 1.35 bits per heavy atom. The third kappa shape index (κ3) is 4.07. The fraction of sp³-hybridized carbons (Fsp3) is 0.600. The smallest absolute Gasteiger partial charge is 0.224 e. The number of carbonyl (C=O) groups is 1. The number of likely N-dealkylation sites (tertiary alicyclic amines) is 1. The largest absolute Gasteiger partial charge is 0.388 e. The number of benzene rings is 1. The second-order valence-corrected chi connectivity index (χ2v) is 7.67. The Morgan fingerprint density at radius 2 is 2.12 bits per heavy atom. The van der Waals surface area contributed by atoms with Crippen molar-refractivity contribution in [1.29, 1.82) is 0 Å². The fourth-order valence-corrected chi connectivity index (χ4v) is 3.84. The van der Waals surface area contributed by atoms with Gasteiger partial charge in [-0.1, -0.05) is 19.1 Å². The van der Waals surface area contributed by atoms with Crippen molar-refractivity contribution in [1.82, 2.24) is 19.4 Å². The van der Waals surface area contributed by atoms with E-state index in [4.69, 9.17) is 4.98 Å². The summed E-state index contributed by atoms with van der Waals surface area (Å²) in [6.45, 7) is 5.25. The molecular weight excluding hydrogens is 328 g/mol. The van der Waals surface area contributed by atoms with E-state index in [0.29, 0.717) is 19.5 Å². The Balaban J connectivity index is 1.77. The predicted molar refractivity (Wildman–Crippen MR) is 103 cm³/mol. The van der Waals surface area contributed by atoms with Gasteiger partial charge in [0, 0.05) is 27.2 Å². The van der Waals surface area contributed by atoms with E-state index in [1.54, 1.807) is 19.0 Å². The van der Waals surface area contributed by atoms with Crippen LogP contribution in [0.5, 0.6) is 0 Å². The van der Waals surface area contributed by atoms with Crippen molar-refractivity contribution in [2.45, 2.75) is 51.3 Å². The maximum Gasteiger partial charge on any atom is 0.224 e. The molecule has 0 saturated carbocycles. The molecule has 1 aromatic heterocycles. The molecular formula is C20H30N4O2. The van der Waals surface area contributed by atoms with E-state index in [1.807, 2.05) is 18.2 Å². The van der Waals surface area contributed by atoms with Gasteiger partial charge in [0.05, 0.1) is 29.6 Å². The molecule has 0 aliphatic carbocycles. The summed E-state index contributed by atoms with van der Waals surface area (Å²) in [7, 11) is 3.47. The lowest BCUT2D eigenvalue weighted by Crippen LogP contribution is -2.50. The summed E-state index contributed by atoms with van der Waals surface area (Å²) in [6, 6.07) is 8.23. The Morgan fingerprint density at radius 3 is 2.85 bits per heavy atom. The molecule has 2 aromatic rings. The van der Waals surface area contributed by atoms with Crippen molar-refractivity contribution in [2.24, 2.45) is 0 Å². The number of β-amino-alcohol motifs (C(OH)–C–C–N with tert-alkyl or cyclic N) is 1. The number of aliphatic hydroxyl groups is 1. The Labute approximate surface area is 155 Å². The van der Waals surface area contributed by atoms with Gasteiger partial charge in [0.2, 0.25) is 5.91 Å². The van der Waals surface area contributed by atoms with Gasteiger partial charge in [0.25, 0.3) is 0 Å². The summed E-state index contributed by atoms with van der Waals surface area (Å²) in [5.41, 5.74) is 1.24. The molecule has 1 aliphatic heterocycles. The van der Waals surface area contributed by atoms with Crippen LogP contribution in [-0.2, 0) is 17.9 Å². The highest BCUT2D eigenvalue weighted by atomic mass is 16.3. The molecule has 1 aliphatic rings. The topological polar surface area (TPSA) is 61.6 Å². The number of nitrogens with zero attached hydrogens (tertiary/aromatic N) is 4. The zero-order valence-corrected chi connectivity index (χ0v) is 16.1. The van der Waals surface area contributed by atoms with Crippen LogP contribution in [0.1, 0.15) is 38.4 Å². The molecule has 0 radical (unpaired) electrons. The minimum Gasteiger partial charge on any atom is -0.388 e. The molecule has 1 aromatic carbocycles. The highest BCUT2D eigenvalue weighted by molar-refractivity contribution is 5.77. The number of piperidine rings is 1. The van der Waals surface area contributed by atoms with Crippen LogP contribution in [0.2, 0.25) is 0 Å². The molecule has 142 valence electrons. The molecule has 1 N–H and O–H groups in total. The molecule has 6 nitrogen and oxygen atoms in total. The summed E-state index contributed by atoms with van der Waals surface area (Å²) in [5.74, 6) is 1.02. The minimum absolute atomic E-state index is 0.0208. The fourth-order valence-electron chi connectivity index (χ4n) is 3.84. The third-order valence-corrected chi connectivity index (χ3v) is 5.16. The number of hydrogen-bond acceptors (Lipinski definition) is 4. The summed E-state index contributed by atoms with van der Waals surface area (Å²) in [6.07, 6.45) is 2.80. The van der Waals surface area contributed by atoms with Crippen LogP contribution in [0.15, 0.2) is 24.3 Å². The van der Waals surface area contributed by atoms with Crippen LogP contribution in [0, 0.1) is 0 Å². The second-order valence-electron chi connectivity index (χ2n) is 7.67. The van der Waals surface area contributed by atoms with E-state index >= 15 is 0 Å². The average Bonchev–Trinajstić information content (AvgIpc) is 2.92. The highest BCUT2D eigenvalue weighted by Crippen LogP contribution is 2.27. The zero-order chi connectivity index (χ0) is 18.7. The number of aryl methyl sites for hydroxylation is 1. The van der Waals surface area contributed by atoms with Gasteiger partial charge in [-0.05, 0) is 37.9 Å². The van der Waals surface area contributed by atoms with Crippen LogP contribution in [-0.4, -0.2) is 63.2 Å². The average molecular weight is 358 g/mol. The first-order valence-corrected chi connectivity index (χ1v) is 9.51. The van der Waals surface area contributed by atoms with Gasteiger partial charge < -0.3 is 14.6 Å². The van der Waals surface area contributed by atoms with Crippen molar-refractivity contribution >= 4 is 16.9 Å². The SMILES string of the molecule is CCCn1c(CN2CCCC(O)(CC(=O)N(C)C)C2)nc2ccccc21. The van der Waals surface area contributed by atoms with Crippen molar-refractivity contribution < 1.29 is 9.90 Å². The number of carbonyl (C=O) groups excluding carboxylic acids is 1. The van der Waals surface area contributed by atoms with Crippen molar-refractivity contribution in [3.8, 4) is 0 Å². The summed E-state index contributed by atoms with van der Waals surface area (Å²) < 4.78 is 2.29. The highest BCUT2D eigenvalue weighted by Gasteiger charge is 2.36. The number of aromatic nitrogens is 2.